The van der Waals surface area contributed by atoms with E-state index >= 15 is 0 Å². The van der Waals surface area contributed by atoms with Gasteiger partial charge in [0.05, 0.1) is 18.1 Å². The first-order chi connectivity index (χ1) is 5.86. The molecule has 0 N–H and O–H groups in total. The predicted octanol–water partition coefficient (Wildman–Crippen LogP) is 1.39. The van der Waals surface area contributed by atoms with E-state index in [4.69, 9.17) is 0 Å². The van der Waals surface area contributed by atoms with Gasteiger partial charge in [-0.15, -0.1) is 0 Å². The van der Waals surface area contributed by atoms with Gasteiger partial charge in [0.1, 0.15) is 5.82 Å². The molecule has 3 nitrogen and oxygen atoms in total. The van der Waals surface area contributed by atoms with Crippen LogP contribution in [0.1, 0.15) is 18.5 Å². The molecule has 1 aliphatic heterocycles. The van der Waals surface area contributed by atoms with Gasteiger partial charge in [-0.1, -0.05) is 0 Å². The van der Waals surface area contributed by atoms with Crippen LogP contribution in [0, 0.1) is 6.92 Å². The smallest absolute Gasteiger partial charge is 0.147 e. The first-order valence-corrected chi connectivity index (χ1v) is 4.40. The summed E-state index contributed by atoms with van der Waals surface area (Å²) in [5.41, 5.74) is 0.984. The highest BCUT2D eigenvalue weighted by Crippen LogP contribution is 2.15. The van der Waals surface area contributed by atoms with Crippen molar-refractivity contribution in [1.29, 1.82) is 0 Å². The monoisotopic (exact) mass is 163 g/mol. The highest BCUT2D eigenvalue weighted by molar-refractivity contribution is 5.36. The Labute approximate surface area is 72.4 Å². The molecule has 2 rings (SSSR count). The van der Waals surface area contributed by atoms with Crippen molar-refractivity contribution in [2.75, 3.05) is 18.0 Å². The summed E-state index contributed by atoms with van der Waals surface area (Å²) in [6, 6.07) is 0. The molecule has 0 unspecified atom stereocenters. The van der Waals surface area contributed by atoms with Crippen LogP contribution in [0.25, 0.3) is 0 Å². The summed E-state index contributed by atoms with van der Waals surface area (Å²) in [6.07, 6.45) is 6.26. The molecule has 3 heteroatoms. The Morgan fingerprint density at radius 1 is 1.17 bits per heavy atom. The van der Waals surface area contributed by atoms with Crippen molar-refractivity contribution in [3.8, 4) is 0 Å². The molecule has 1 saturated heterocycles. The highest BCUT2D eigenvalue weighted by atomic mass is 15.2. The standard InChI is InChI=1S/C9H13N3/c1-8-6-11-9(7-10-8)12-4-2-3-5-12/h6-7H,2-5H2,1H3. The van der Waals surface area contributed by atoms with Gasteiger partial charge in [-0.2, -0.15) is 0 Å². The second kappa shape index (κ2) is 3.09. The van der Waals surface area contributed by atoms with E-state index in [1.54, 1.807) is 0 Å². The maximum absolute atomic E-state index is 4.32. The summed E-state index contributed by atoms with van der Waals surface area (Å²) < 4.78 is 0. The summed E-state index contributed by atoms with van der Waals surface area (Å²) >= 11 is 0. The van der Waals surface area contributed by atoms with Crippen LogP contribution in [0.4, 0.5) is 5.82 Å². The maximum atomic E-state index is 4.32. The van der Waals surface area contributed by atoms with Crippen LogP contribution in [0.15, 0.2) is 12.4 Å². The molecule has 0 aliphatic carbocycles. The zero-order valence-corrected chi connectivity index (χ0v) is 7.32. The topological polar surface area (TPSA) is 29.0 Å². The molecule has 1 aliphatic rings. The molecule has 2 heterocycles. The second-order valence-corrected chi connectivity index (χ2v) is 3.21. The molecule has 0 radical (unpaired) electrons. The van der Waals surface area contributed by atoms with Gasteiger partial charge in [0, 0.05) is 13.1 Å². The van der Waals surface area contributed by atoms with Gasteiger partial charge >= 0.3 is 0 Å². The SMILES string of the molecule is Cc1cnc(N2CCCC2)cn1. The molecule has 0 amide bonds. The summed E-state index contributed by atoms with van der Waals surface area (Å²) in [4.78, 5) is 10.8. The molecule has 1 aromatic rings. The minimum Gasteiger partial charge on any atom is -0.355 e. The maximum Gasteiger partial charge on any atom is 0.147 e. The Morgan fingerprint density at radius 3 is 2.50 bits per heavy atom. The zero-order chi connectivity index (χ0) is 8.39. The van der Waals surface area contributed by atoms with E-state index in [2.05, 4.69) is 14.9 Å². The van der Waals surface area contributed by atoms with Crippen LogP contribution in [-0.4, -0.2) is 23.1 Å². The highest BCUT2D eigenvalue weighted by Gasteiger charge is 2.12. The Morgan fingerprint density at radius 2 is 1.92 bits per heavy atom. The van der Waals surface area contributed by atoms with Crippen LogP contribution in [0.3, 0.4) is 0 Å². The lowest BCUT2D eigenvalue weighted by Gasteiger charge is -2.14. The van der Waals surface area contributed by atoms with Gasteiger partial charge in [-0.3, -0.25) is 4.98 Å². The first-order valence-electron chi connectivity index (χ1n) is 4.40. The molecule has 0 spiro atoms. The van der Waals surface area contributed by atoms with Crippen molar-refractivity contribution in [2.24, 2.45) is 0 Å². The molecule has 0 bridgehead atoms. The van der Waals surface area contributed by atoms with Gasteiger partial charge in [0.15, 0.2) is 0 Å². The lowest BCUT2D eigenvalue weighted by Crippen LogP contribution is -2.19. The van der Waals surface area contributed by atoms with Gasteiger partial charge < -0.3 is 4.90 Å². The van der Waals surface area contributed by atoms with Gasteiger partial charge in [-0.05, 0) is 19.8 Å². The fourth-order valence-electron chi connectivity index (χ4n) is 1.50. The molecule has 0 atom stereocenters. The normalized spacial score (nSPS) is 16.9. The number of hydrogen-bond donors (Lipinski definition) is 0. The molecule has 1 fully saturated rings. The fraction of sp³-hybridized carbons (Fsp3) is 0.556. The summed E-state index contributed by atoms with van der Waals surface area (Å²) in [5.74, 6) is 1.03. The van der Waals surface area contributed by atoms with Gasteiger partial charge in [0.2, 0.25) is 0 Å². The largest absolute Gasteiger partial charge is 0.355 e. The Bertz CT molecular complexity index is 249. The van der Waals surface area contributed by atoms with Crippen LogP contribution in [-0.2, 0) is 0 Å². The van der Waals surface area contributed by atoms with Crippen molar-refractivity contribution in [3.05, 3.63) is 18.1 Å². The van der Waals surface area contributed by atoms with Crippen LogP contribution >= 0.6 is 0 Å². The quantitative estimate of drug-likeness (QED) is 0.626. The summed E-state index contributed by atoms with van der Waals surface area (Å²) in [5, 5.41) is 0. The predicted molar refractivity (Wildman–Crippen MR) is 48.2 cm³/mol. The van der Waals surface area contributed by atoms with E-state index in [-0.39, 0.29) is 0 Å². The van der Waals surface area contributed by atoms with Crippen molar-refractivity contribution < 1.29 is 0 Å². The van der Waals surface area contributed by atoms with Crippen molar-refractivity contribution in [2.45, 2.75) is 19.8 Å². The Balaban J connectivity index is 2.17. The average Bonchev–Trinajstić information content (AvgIpc) is 2.58. The van der Waals surface area contributed by atoms with Gasteiger partial charge in [0.25, 0.3) is 0 Å². The summed E-state index contributed by atoms with van der Waals surface area (Å²) in [7, 11) is 0. The molecule has 1 aromatic heterocycles. The number of hydrogen-bond acceptors (Lipinski definition) is 3. The van der Waals surface area contributed by atoms with Crippen molar-refractivity contribution >= 4 is 5.82 Å². The van der Waals surface area contributed by atoms with Crippen LogP contribution in [0.2, 0.25) is 0 Å². The Hall–Kier alpha value is -1.12. The van der Waals surface area contributed by atoms with E-state index in [1.807, 2.05) is 19.3 Å². The molecular formula is C9H13N3. The first kappa shape index (κ1) is 7.53. The lowest BCUT2D eigenvalue weighted by molar-refractivity contribution is 0.920. The number of rotatable bonds is 1. The number of nitrogens with zero attached hydrogens (tertiary/aromatic N) is 3. The Kier molecular flexibility index (Phi) is 1.94. The molecular weight excluding hydrogens is 150 g/mol. The van der Waals surface area contributed by atoms with E-state index < -0.39 is 0 Å². The third kappa shape index (κ3) is 1.40. The fourth-order valence-corrected chi connectivity index (χ4v) is 1.50. The zero-order valence-electron chi connectivity index (χ0n) is 7.32. The summed E-state index contributed by atoms with van der Waals surface area (Å²) in [6.45, 7) is 4.23. The van der Waals surface area contributed by atoms with E-state index in [0.29, 0.717) is 0 Å². The number of anilines is 1. The number of aryl methyl sites for hydroxylation is 1. The molecule has 12 heavy (non-hydrogen) atoms. The van der Waals surface area contributed by atoms with Crippen molar-refractivity contribution in [3.63, 3.8) is 0 Å². The molecule has 64 valence electrons. The van der Waals surface area contributed by atoms with E-state index in [1.165, 1.54) is 12.8 Å². The minimum absolute atomic E-state index is 0.984. The van der Waals surface area contributed by atoms with Crippen LogP contribution in [0.5, 0.6) is 0 Å². The van der Waals surface area contributed by atoms with Crippen LogP contribution < -0.4 is 4.90 Å². The third-order valence-electron chi connectivity index (χ3n) is 2.20. The van der Waals surface area contributed by atoms with Crippen molar-refractivity contribution in [1.82, 2.24) is 9.97 Å². The number of aromatic nitrogens is 2. The average molecular weight is 163 g/mol. The molecule has 0 aromatic carbocycles. The lowest BCUT2D eigenvalue weighted by atomic mass is 10.4. The molecule has 0 saturated carbocycles. The van der Waals surface area contributed by atoms with Gasteiger partial charge in [-0.25, -0.2) is 4.98 Å². The third-order valence-corrected chi connectivity index (χ3v) is 2.20. The van der Waals surface area contributed by atoms with E-state index in [9.17, 15) is 0 Å². The minimum atomic E-state index is 0.984. The van der Waals surface area contributed by atoms with E-state index in [0.717, 1.165) is 24.6 Å². The second-order valence-electron chi connectivity index (χ2n) is 3.21.